The maximum atomic E-state index is 6.42. The number of benzene rings is 6. The lowest BCUT2D eigenvalue weighted by molar-refractivity contribution is 0.546. The summed E-state index contributed by atoms with van der Waals surface area (Å²) in [6, 6.07) is 47.6. The normalized spacial score (nSPS) is 13.3. The van der Waals surface area contributed by atoms with Crippen LogP contribution in [0.1, 0.15) is 17.7 Å². The fourth-order valence-electron chi connectivity index (χ4n) is 7.36. The van der Waals surface area contributed by atoms with Gasteiger partial charge in [0.2, 0.25) is 0 Å². The topological polar surface area (TPSA) is 31.2 Å². The first kappa shape index (κ1) is 24.6. The molecule has 0 saturated carbocycles. The van der Waals surface area contributed by atoms with Gasteiger partial charge in [-0.25, -0.2) is 0 Å². The smallest absolute Gasteiger partial charge is 0.135 e. The molecule has 1 aliphatic rings. The first-order valence-electron chi connectivity index (χ1n) is 15.6. The summed E-state index contributed by atoms with van der Waals surface area (Å²) in [4.78, 5) is 0. The summed E-state index contributed by atoms with van der Waals surface area (Å²) >= 11 is 0. The zero-order valence-electron chi connectivity index (χ0n) is 24.5. The van der Waals surface area contributed by atoms with Gasteiger partial charge < -0.3 is 13.4 Å². The van der Waals surface area contributed by atoms with Crippen LogP contribution in [0.5, 0.6) is 0 Å². The third-order valence-electron chi connectivity index (χ3n) is 9.50. The minimum absolute atomic E-state index is 0.882. The molecule has 0 unspecified atom stereocenters. The van der Waals surface area contributed by atoms with E-state index >= 15 is 0 Å². The molecule has 0 amide bonds. The molecule has 0 aliphatic heterocycles. The molecule has 3 heteroatoms. The van der Waals surface area contributed by atoms with Gasteiger partial charge in [0.25, 0.3) is 0 Å². The zero-order chi connectivity index (χ0) is 29.5. The first-order chi connectivity index (χ1) is 22.3. The Bertz CT molecular complexity index is 2610. The maximum absolute atomic E-state index is 6.42. The minimum atomic E-state index is 0.882. The number of hydrogen-bond donors (Lipinski definition) is 0. The number of aromatic nitrogens is 1. The number of para-hydroxylation sites is 3. The summed E-state index contributed by atoms with van der Waals surface area (Å²) < 4.78 is 14.9. The van der Waals surface area contributed by atoms with Crippen molar-refractivity contribution < 1.29 is 8.83 Å². The van der Waals surface area contributed by atoms with Crippen LogP contribution < -0.4 is 0 Å². The predicted octanol–water partition coefficient (Wildman–Crippen LogP) is 11.7. The van der Waals surface area contributed by atoms with Gasteiger partial charge in [-0.3, -0.25) is 0 Å². The molecule has 212 valence electrons. The van der Waals surface area contributed by atoms with Gasteiger partial charge in [0.1, 0.15) is 22.5 Å². The van der Waals surface area contributed by atoms with Crippen molar-refractivity contribution in [1.82, 2.24) is 4.57 Å². The van der Waals surface area contributed by atoms with E-state index in [9.17, 15) is 0 Å². The summed E-state index contributed by atoms with van der Waals surface area (Å²) in [5, 5.41) is 6.04. The number of allylic oxidation sites excluding steroid dienone is 1. The summed E-state index contributed by atoms with van der Waals surface area (Å²) in [6.45, 7) is 0. The van der Waals surface area contributed by atoms with Crippen LogP contribution in [0, 0.1) is 0 Å². The molecule has 3 aromatic heterocycles. The molecule has 3 nitrogen and oxygen atoms in total. The van der Waals surface area contributed by atoms with Crippen LogP contribution in [0.4, 0.5) is 0 Å². The molecule has 9 aromatic rings. The van der Waals surface area contributed by atoms with E-state index in [1.807, 2.05) is 12.1 Å². The molecule has 6 aromatic carbocycles. The molecule has 0 saturated heterocycles. The molecule has 0 atom stereocenters. The summed E-state index contributed by atoms with van der Waals surface area (Å²) in [7, 11) is 0. The van der Waals surface area contributed by atoms with Crippen molar-refractivity contribution in [2.24, 2.45) is 0 Å². The average molecular weight is 578 g/mol. The molecule has 45 heavy (non-hydrogen) atoms. The van der Waals surface area contributed by atoms with E-state index in [1.165, 1.54) is 55.3 Å². The van der Waals surface area contributed by atoms with Crippen LogP contribution >= 0.6 is 0 Å². The molecule has 0 fully saturated rings. The van der Waals surface area contributed by atoms with Crippen LogP contribution in [-0.4, -0.2) is 4.57 Å². The number of nitrogens with zero attached hydrogens (tertiary/aromatic N) is 1. The number of hydrogen-bond acceptors (Lipinski definition) is 2. The number of aryl methyl sites for hydroxylation is 1. The van der Waals surface area contributed by atoms with Crippen LogP contribution in [0.15, 0.2) is 142 Å². The van der Waals surface area contributed by atoms with E-state index in [4.69, 9.17) is 8.83 Å². The highest BCUT2D eigenvalue weighted by Crippen LogP contribution is 2.41. The Balaban J connectivity index is 1.08. The monoisotopic (exact) mass is 577 g/mol. The first-order valence-corrected chi connectivity index (χ1v) is 15.6. The molecule has 0 bridgehead atoms. The van der Waals surface area contributed by atoms with Crippen LogP contribution in [0.2, 0.25) is 0 Å². The highest BCUT2D eigenvalue weighted by atomic mass is 16.3. The molecule has 0 radical (unpaired) electrons. The van der Waals surface area contributed by atoms with Gasteiger partial charge in [-0.05, 0) is 83.3 Å². The Morgan fingerprint density at radius 1 is 0.422 bits per heavy atom. The fraction of sp³-hybridized carbons (Fsp3) is 0.0476. The largest absolute Gasteiger partial charge is 0.460 e. The van der Waals surface area contributed by atoms with Crippen LogP contribution in [-0.2, 0) is 6.42 Å². The maximum Gasteiger partial charge on any atom is 0.135 e. The summed E-state index contributed by atoms with van der Waals surface area (Å²) in [5.74, 6) is 1.07. The van der Waals surface area contributed by atoms with Crippen molar-refractivity contribution in [1.29, 1.82) is 0 Å². The molecule has 0 spiro atoms. The molecule has 3 heterocycles. The minimum Gasteiger partial charge on any atom is -0.460 e. The molecule has 0 N–H and O–H groups in total. The van der Waals surface area contributed by atoms with Crippen molar-refractivity contribution in [3.8, 4) is 22.3 Å². The Kier molecular flexibility index (Phi) is 5.11. The van der Waals surface area contributed by atoms with Gasteiger partial charge in [0.05, 0.1) is 11.0 Å². The van der Waals surface area contributed by atoms with E-state index in [0.717, 1.165) is 51.5 Å². The van der Waals surface area contributed by atoms with Crippen molar-refractivity contribution in [2.75, 3.05) is 0 Å². The quantitative estimate of drug-likeness (QED) is 0.209. The van der Waals surface area contributed by atoms with Gasteiger partial charge in [0.15, 0.2) is 0 Å². The van der Waals surface area contributed by atoms with Gasteiger partial charge in [0, 0.05) is 44.6 Å². The highest BCUT2D eigenvalue weighted by Gasteiger charge is 2.22. The van der Waals surface area contributed by atoms with E-state index in [2.05, 4.69) is 132 Å². The standard InChI is InChI=1S/C42H27NO2/c1-4-13-37-31(10-1)32-11-2-5-14-38(32)43(37)30-18-21-42-36(25-30)35-24-29(17-20-41(35)45-42)27-9-7-8-26(22-27)28-16-19-40-34(23-28)33-12-3-6-15-39(33)44-40/h1-17,19-20,22-25H,18,21H2. The zero-order valence-corrected chi connectivity index (χ0v) is 24.5. The van der Waals surface area contributed by atoms with E-state index < -0.39 is 0 Å². The summed E-state index contributed by atoms with van der Waals surface area (Å²) in [6.07, 6.45) is 4.17. The predicted molar refractivity (Wildman–Crippen MR) is 186 cm³/mol. The lowest BCUT2D eigenvalue weighted by Crippen LogP contribution is -2.03. The lowest BCUT2D eigenvalue weighted by Gasteiger charge is -2.16. The van der Waals surface area contributed by atoms with Gasteiger partial charge in [-0.1, -0.05) is 84.9 Å². The molecular weight excluding hydrogens is 550 g/mol. The molecule has 10 rings (SSSR count). The summed E-state index contributed by atoms with van der Waals surface area (Å²) in [5.41, 5.74) is 12.5. The van der Waals surface area contributed by atoms with Crippen LogP contribution in [0.25, 0.3) is 88.7 Å². The average Bonchev–Trinajstić information content (AvgIpc) is 3.77. The SMILES string of the molecule is C1=C(n2c3ccccc3c3ccccc32)CCc2oc3ccc(-c4cccc(-c5ccc6oc7ccccc7c6c5)c4)cc3c21. The van der Waals surface area contributed by atoms with E-state index in [-0.39, 0.29) is 0 Å². The van der Waals surface area contributed by atoms with E-state index in [1.54, 1.807) is 0 Å². The second-order valence-corrected chi connectivity index (χ2v) is 12.0. The Hall–Kier alpha value is -5.80. The number of fused-ring (bicyclic) bond motifs is 9. The Labute approximate surface area is 259 Å². The Morgan fingerprint density at radius 2 is 1.00 bits per heavy atom. The van der Waals surface area contributed by atoms with E-state index in [0.29, 0.717) is 0 Å². The molecule has 1 aliphatic carbocycles. The fourth-order valence-corrected chi connectivity index (χ4v) is 7.36. The van der Waals surface area contributed by atoms with Crippen molar-refractivity contribution in [3.05, 3.63) is 145 Å². The highest BCUT2D eigenvalue weighted by molar-refractivity contribution is 6.11. The van der Waals surface area contributed by atoms with Gasteiger partial charge in [-0.2, -0.15) is 0 Å². The van der Waals surface area contributed by atoms with Crippen LogP contribution in [0.3, 0.4) is 0 Å². The van der Waals surface area contributed by atoms with Gasteiger partial charge in [-0.15, -0.1) is 0 Å². The second-order valence-electron chi connectivity index (χ2n) is 12.0. The van der Waals surface area contributed by atoms with Gasteiger partial charge >= 0.3 is 0 Å². The van der Waals surface area contributed by atoms with Crippen molar-refractivity contribution in [2.45, 2.75) is 12.8 Å². The van der Waals surface area contributed by atoms with Crippen molar-refractivity contribution in [3.63, 3.8) is 0 Å². The number of furan rings is 2. The lowest BCUT2D eigenvalue weighted by atomic mass is 9.95. The third kappa shape index (κ3) is 3.71. The molecular formula is C42H27NO2. The van der Waals surface area contributed by atoms with Crippen molar-refractivity contribution >= 4 is 66.5 Å². The number of rotatable bonds is 3. The third-order valence-corrected chi connectivity index (χ3v) is 9.50. The Morgan fingerprint density at radius 3 is 1.73 bits per heavy atom. The second kappa shape index (κ2) is 9.35.